The Bertz CT molecular complexity index is 1360. The monoisotopic (exact) mass is 505 g/mol. The molecule has 6 nitrogen and oxygen atoms in total. The number of amides is 1. The fourth-order valence-electron chi connectivity index (χ4n) is 3.85. The Hall–Kier alpha value is -3.92. The second-order valence-corrected chi connectivity index (χ2v) is 7.99. The summed E-state index contributed by atoms with van der Waals surface area (Å²) in [5.74, 6) is -5.37. The molecule has 1 amide bonds. The SMILES string of the molecule is CN1C(=O)C(c2ccccc2OC(=O)C(F)(F)F)(c2c(Cl)ccc(-c3ccccc3)c2F)N=C1N. The number of benzene rings is 3. The average molecular weight is 506 g/mol. The van der Waals surface area contributed by atoms with Crippen LogP contribution in [0.25, 0.3) is 11.1 Å². The van der Waals surface area contributed by atoms with E-state index in [4.69, 9.17) is 17.3 Å². The van der Waals surface area contributed by atoms with Gasteiger partial charge < -0.3 is 10.5 Å². The summed E-state index contributed by atoms with van der Waals surface area (Å²) >= 11 is 6.39. The lowest BCUT2D eigenvalue weighted by molar-refractivity contribution is -0.189. The van der Waals surface area contributed by atoms with Crippen molar-refractivity contribution in [2.75, 3.05) is 7.05 Å². The van der Waals surface area contributed by atoms with Crippen molar-refractivity contribution in [1.82, 2.24) is 4.90 Å². The Morgan fingerprint density at radius 2 is 1.69 bits per heavy atom. The van der Waals surface area contributed by atoms with E-state index in [2.05, 4.69) is 9.73 Å². The highest BCUT2D eigenvalue weighted by Crippen LogP contribution is 2.48. The fourth-order valence-corrected chi connectivity index (χ4v) is 4.13. The molecule has 0 saturated heterocycles. The number of alkyl halides is 3. The van der Waals surface area contributed by atoms with E-state index in [0.717, 1.165) is 11.0 Å². The standard InChI is InChI=1S/C24H16ClF4N3O3/c1-32-20(33)23(31-22(32)30,15-9-5-6-10-17(15)35-21(34)24(27,28)29)18-16(25)12-11-14(19(18)26)13-7-3-2-4-8-13/h2-12H,1H3,(H2,30,31). The van der Waals surface area contributed by atoms with Crippen LogP contribution in [0.4, 0.5) is 17.6 Å². The summed E-state index contributed by atoms with van der Waals surface area (Å²) < 4.78 is 59.6. The number of aliphatic imine (C=N–C) groups is 1. The highest BCUT2D eigenvalue weighted by atomic mass is 35.5. The normalized spacial score (nSPS) is 17.9. The van der Waals surface area contributed by atoms with Gasteiger partial charge in [-0.1, -0.05) is 60.1 Å². The molecule has 0 aromatic heterocycles. The van der Waals surface area contributed by atoms with Gasteiger partial charge in [0.25, 0.3) is 5.91 Å². The molecule has 3 aromatic rings. The number of nitrogens with zero attached hydrogens (tertiary/aromatic N) is 2. The van der Waals surface area contributed by atoms with E-state index >= 15 is 4.39 Å². The number of nitrogens with two attached hydrogens (primary N) is 1. The Morgan fingerprint density at radius 3 is 2.29 bits per heavy atom. The highest BCUT2D eigenvalue weighted by molar-refractivity contribution is 6.32. The largest absolute Gasteiger partial charge is 0.491 e. The lowest BCUT2D eigenvalue weighted by atomic mass is 9.80. The molecular formula is C24H16ClF4N3O3. The zero-order valence-corrected chi connectivity index (χ0v) is 18.7. The summed E-state index contributed by atoms with van der Waals surface area (Å²) in [6, 6.07) is 15.9. The summed E-state index contributed by atoms with van der Waals surface area (Å²) in [5, 5.41) is -0.237. The van der Waals surface area contributed by atoms with Gasteiger partial charge in [-0.3, -0.25) is 9.69 Å². The van der Waals surface area contributed by atoms with Crippen molar-refractivity contribution in [2.24, 2.45) is 10.7 Å². The van der Waals surface area contributed by atoms with Crippen LogP contribution in [0.3, 0.4) is 0 Å². The first kappa shape index (κ1) is 24.2. The fraction of sp³-hybridized carbons (Fsp3) is 0.125. The van der Waals surface area contributed by atoms with Gasteiger partial charge in [-0.25, -0.2) is 14.2 Å². The molecule has 180 valence electrons. The van der Waals surface area contributed by atoms with Gasteiger partial charge in [-0.15, -0.1) is 0 Å². The van der Waals surface area contributed by atoms with E-state index in [1.54, 1.807) is 30.3 Å². The molecule has 0 saturated carbocycles. The van der Waals surface area contributed by atoms with E-state index in [1.807, 2.05) is 0 Å². The predicted octanol–water partition coefficient (Wildman–Crippen LogP) is 4.64. The second-order valence-electron chi connectivity index (χ2n) is 7.58. The Kier molecular flexibility index (Phi) is 6.02. The van der Waals surface area contributed by atoms with E-state index < -0.39 is 40.7 Å². The lowest BCUT2D eigenvalue weighted by Gasteiger charge is -2.29. The lowest BCUT2D eigenvalue weighted by Crippen LogP contribution is -2.42. The summed E-state index contributed by atoms with van der Waals surface area (Å²) in [7, 11) is 1.26. The van der Waals surface area contributed by atoms with Gasteiger partial charge in [0.1, 0.15) is 11.6 Å². The number of hydrogen-bond acceptors (Lipinski definition) is 5. The first-order valence-electron chi connectivity index (χ1n) is 10.0. The minimum atomic E-state index is -5.32. The van der Waals surface area contributed by atoms with Crippen LogP contribution in [0.1, 0.15) is 11.1 Å². The number of carbonyl (C=O) groups excluding carboxylic acids is 2. The molecule has 2 N–H and O–H groups in total. The quantitative estimate of drug-likeness (QED) is 0.318. The van der Waals surface area contributed by atoms with Crippen molar-refractivity contribution < 1.29 is 31.9 Å². The van der Waals surface area contributed by atoms with Crippen molar-refractivity contribution in [2.45, 2.75) is 11.7 Å². The first-order valence-corrected chi connectivity index (χ1v) is 10.4. The number of ether oxygens (including phenoxy) is 1. The number of esters is 1. The number of hydrogen-bond donors (Lipinski definition) is 1. The van der Waals surface area contributed by atoms with E-state index in [0.29, 0.717) is 5.56 Å². The summed E-state index contributed by atoms with van der Waals surface area (Å²) in [6.45, 7) is 0. The molecule has 1 aliphatic heterocycles. The van der Waals surface area contributed by atoms with Crippen LogP contribution in [0.5, 0.6) is 5.75 Å². The van der Waals surface area contributed by atoms with Gasteiger partial charge in [0.05, 0.1) is 5.02 Å². The van der Waals surface area contributed by atoms with E-state index in [-0.39, 0.29) is 22.1 Å². The number of guanidine groups is 1. The molecule has 0 aliphatic carbocycles. The number of likely N-dealkylation sites (N-methyl/N-ethyl adjacent to an activating group) is 1. The molecule has 3 aromatic carbocycles. The molecule has 35 heavy (non-hydrogen) atoms. The molecular weight excluding hydrogens is 490 g/mol. The van der Waals surface area contributed by atoms with Crippen LogP contribution in [0, 0.1) is 5.82 Å². The highest BCUT2D eigenvalue weighted by Gasteiger charge is 2.54. The van der Waals surface area contributed by atoms with Gasteiger partial charge in [0.2, 0.25) is 5.54 Å². The van der Waals surface area contributed by atoms with Crippen LogP contribution in [0.2, 0.25) is 5.02 Å². The molecule has 1 heterocycles. The van der Waals surface area contributed by atoms with E-state index in [9.17, 15) is 22.8 Å². The van der Waals surface area contributed by atoms with Crippen molar-refractivity contribution in [3.63, 3.8) is 0 Å². The maximum Gasteiger partial charge on any atom is 0.491 e. The van der Waals surface area contributed by atoms with Crippen LogP contribution >= 0.6 is 11.6 Å². The van der Waals surface area contributed by atoms with Crippen LogP contribution in [-0.2, 0) is 15.1 Å². The molecule has 1 unspecified atom stereocenters. The minimum Gasteiger partial charge on any atom is -0.419 e. The third kappa shape index (κ3) is 3.99. The molecule has 0 spiro atoms. The van der Waals surface area contributed by atoms with Crippen molar-refractivity contribution in [1.29, 1.82) is 0 Å². The molecule has 1 atom stereocenters. The topological polar surface area (TPSA) is 85.0 Å². The average Bonchev–Trinajstić information content (AvgIpc) is 3.04. The maximum atomic E-state index is 16.2. The summed E-state index contributed by atoms with van der Waals surface area (Å²) in [6.07, 6.45) is -5.32. The van der Waals surface area contributed by atoms with Crippen molar-refractivity contribution in [3.8, 4) is 16.9 Å². The summed E-state index contributed by atoms with van der Waals surface area (Å²) in [5.41, 5.74) is 3.24. The van der Waals surface area contributed by atoms with Crippen molar-refractivity contribution in [3.05, 3.63) is 88.7 Å². The van der Waals surface area contributed by atoms with Crippen molar-refractivity contribution >= 4 is 29.4 Å². The predicted molar refractivity (Wildman–Crippen MR) is 120 cm³/mol. The summed E-state index contributed by atoms with van der Waals surface area (Å²) in [4.78, 5) is 30.3. The minimum absolute atomic E-state index is 0.0604. The van der Waals surface area contributed by atoms with Gasteiger partial charge in [-0.05, 0) is 23.8 Å². The van der Waals surface area contributed by atoms with Gasteiger partial charge >= 0.3 is 12.1 Å². The molecule has 4 rings (SSSR count). The van der Waals surface area contributed by atoms with Crippen LogP contribution in [-0.4, -0.2) is 36.0 Å². The number of halogens is 5. The maximum absolute atomic E-state index is 16.2. The first-order chi connectivity index (χ1) is 16.5. The zero-order chi connectivity index (χ0) is 25.5. The molecule has 0 radical (unpaired) electrons. The second kappa shape index (κ2) is 8.70. The van der Waals surface area contributed by atoms with Crippen LogP contribution < -0.4 is 10.5 Å². The number of carbonyl (C=O) groups is 2. The van der Waals surface area contributed by atoms with Gasteiger partial charge in [-0.2, -0.15) is 13.2 Å². The molecule has 1 aliphatic rings. The zero-order valence-electron chi connectivity index (χ0n) is 17.9. The van der Waals surface area contributed by atoms with Gasteiger partial charge in [0, 0.05) is 23.7 Å². The smallest absolute Gasteiger partial charge is 0.419 e. The Morgan fingerprint density at radius 1 is 1.06 bits per heavy atom. The third-order valence-electron chi connectivity index (χ3n) is 5.49. The Balaban J connectivity index is 2.04. The molecule has 11 heteroatoms. The number of rotatable bonds is 4. The third-order valence-corrected chi connectivity index (χ3v) is 5.80. The van der Waals surface area contributed by atoms with Crippen LogP contribution in [0.15, 0.2) is 71.7 Å². The number of para-hydroxylation sites is 1. The Labute approximate surface area is 201 Å². The molecule has 0 fully saturated rings. The van der Waals surface area contributed by atoms with E-state index in [1.165, 1.54) is 37.4 Å². The molecule has 0 bridgehead atoms. The van der Waals surface area contributed by atoms with Gasteiger partial charge in [0.15, 0.2) is 5.96 Å².